The van der Waals surface area contributed by atoms with Gasteiger partial charge in [0.1, 0.15) is 16.0 Å². The molecule has 0 atom stereocenters. The second-order valence-electron chi connectivity index (χ2n) is 12.4. The second kappa shape index (κ2) is 23.8. The van der Waals surface area contributed by atoms with E-state index in [0.29, 0.717) is 5.56 Å². The van der Waals surface area contributed by atoms with Gasteiger partial charge in [0, 0.05) is 42.3 Å². The quantitative estimate of drug-likeness (QED) is 0.0629. The summed E-state index contributed by atoms with van der Waals surface area (Å²) in [5, 5.41) is 23.2. The smallest absolute Gasteiger partial charge is 0.870 e. The Bertz CT molecular complexity index is 2330. The molecule has 0 unspecified atom stereocenters. The van der Waals surface area contributed by atoms with Crippen LogP contribution < -0.4 is 40.2 Å². The molecule has 0 fully saturated rings. The van der Waals surface area contributed by atoms with Crippen molar-refractivity contribution in [3.63, 3.8) is 0 Å². The molecule has 0 radical (unpaired) electrons. The van der Waals surface area contributed by atoms with Gasteiger partial charge in [-0.1, -0.05) is 82.8 Å². The van der Waals surface area contributed by atoms with Gasteiger partial charge < -0.3 is 26.7 Å². The summed E-state index contributed by atoms with van der Waals surface area (Å²) in [5.74, 6) is -6.93. The molecule has 0 aliphatic rings. The Balaban J connectivity index is 0.000000400. The molecule has 2 aromatic heterocycles. The SMILES string of the molecule is CC(=O)c1nn(Cc2cccc(F)c2F)c(Cl)c1CCNc1cccc(Cl)c1F.O.O=C(O)c1nn(Cc2cccc(F)c2F)c(Cl)c1CCNc1cccc(Cl)c1F.[Na+].[OH-]. The predicted octanol–water partition coefficient (Wildman–Crippen LogP) is 6.52. The largest absolute Gasteiger partial charge is 1.00 e. The van der Waals surface area contributed by atoms with Crippen molar-refractivity contribution in [2.75, 3.05) is 23.7 Å². The van der Waals surface area contributed by atoms with Crippen LogP contribution in [0.25, 0.3) is 0 Å². The van der Waals surface area contributed by atoms with Gasteiger partial charge in [0.25, 0.3) is 0 Å². The number of halogens is 10. The van der Waals surface area contributed by atoms with Crippen molar-refractivity contribution in [2.45, 2.75) is 32.9 Å². The van der Waals surface area contributed by atoms with Crippen LogP contribution in [0.5, 0.6) is 0 Å². The number of carboxylic acids is 1. The van der Waals surface area contributed by atoms with E-state index in [0.717, 1.165) is 16.8 Å². The van der Waals surface area contributed by atoms with Crippen LogP contribution in [0, 0.1) is 34.9 Å². The third-order valence-electron chi connectivity index (χ3n) is 8.49. The molecule has 2 heterocycles. The zero-order valence-corrected chi connectivity index (χ0v) is 37.0. The van der Waals surface area contributed by atoms with E-state index in [-0.39, 0.29) is 145 Å². The van der Waals surface area contributed by atoms with E-state index in [1.54, 1.807) is 12.1 Å². The Morgan fingerprint density at radius 1 is 0.623 bits per heavy atom. The van der Waals surface area contributed by atoms with Gasteiger partial charge in [0.05, 0.1) is 34.5 Å². The number of rotatable bonds is 14. The number of nitrogens with one attached hydrogen (secondary N) is 2. The maximum atomic E-state index is 14.0. The molecular formula is C39H33Cl4F6N6NaO5. The Kier molecular flexibility index (Phi) is 20.6. The fraction of sp³-hybridized carbons (Fsp3) is 0.179. The molecule has 6 N–H and O–H groups in total. The van der Waals surface area contributed by atoms with Crippen LogP contribution in [0.2, 0.25) is 20.4 Å². The van der Waals surface area contributed by atoms with E-state index in [2.05, 4.69) is 20.8 Å². The molecular weight excluding hydrogens is 911 g/mol. The molecule has 0 saturated carbocycles. The van der Waals surface area contributed by atoms with Crippen molar-refractivity contribution in [1.82, 2.24) is 19.6 Å². The minimum Gasteiger partial charge on any atom is -0.870 e. The first-order valence-corrected chi connectivity index (χ1v) is 18.6. The molecule has 0 aliphatic heterocycles. The van der Waals surface area contributed by atoms with Gasteiger partial charge in [0.2, 0.25) is 0 Å². The van der Waals surface area contributed by atoms with Crippen molar-refractivity contribution in [3.8, 4) is 0 Å². The summed E-state index contributed by atoms with van der Waals surface area (Å²) in [6.45, 7) is 1.33. The van der Waals surface area contributed by atoms with Crippen molar-refractivity contribution in [2.24, 2.45) is 0 Å². The monoisotopic (exact) mass is 942 g/mol. The van der Waals surface area contributed by atoms with Crippen LogP contribution in [0.1, 0.15) is 50.2 Å². The van der Waals surface area contributed by atoms with E-state index >= 15 is 0 Å². The summed E-state index contributed by atoms with van der Waals surface area (Å²) in [7, 11) is 0. The topological polar surface area (TPSA) is 176 Å². The Hall–Kier alpha value is -4.30. The minimum atomic E-state index is -1.32. The fourth-order valence-corrected chi connectivity index (χ4v) is 6.57. The van der Waals surface area contributed by atoms with Gasteiger partial charge >= 0.3 is 35.5 Å². The first kappa shape index (κ1) is 52.8. The molecule has 0 saturated heterocycles. The number of Topliss-reactive ketones (excluding diaryl/α,β-unsaturated/α-hetero) is 1. The van der Waals surface area contributed by atoms with Crippen LogP contribution in [-0.2, 0) is 25.9 Å². The average molecular weight is 945 g/mol. The van der Waals surface area contributed by atoms with Crippen LogP contribution in [-0.4, -0.2) is 60.5 Å². The normalized spacial score (nSPS) is 10.4. The Morgan fingerprint density at radius 2 is 1.00 bits per heavy atom. The number of nitrogens with zero attached hydrogens (tertiary/aromatic N) is 4. The third-order valence-corrected chi connectivity index (χ3v) is 9.92. The van der Waals surface area contributed by atoms with Crippen molar-refractivity contribution in [3.05, 3.63) is 162 Å². The van der Waals surface area contributed by atoms with Crippen LogP contribution in [0.3, 0.4) is 0 Å². The molecule has 4 aromatic carbocycles. The van der Waals surface area contributed by atoms with Crippen LogP contribution >= 0.6 is 46.4 Å². The predicted molar refractivity (Wildman–Crippen MR) is 215 cm³/mol. The third kappa shape index (κ3) is 12.9. The van der Waals surface area contributed by atoms with Gasteiger partial charge in [-0.3, -0.25) is 4.79 Å². The van der Waals surface area contributed by atoms with Crippen molar-refractivity contribution in [1.29, 1.82) is 0 Å². The van der Waals surface area contributed by atoms with Gasteiger partial charge in [-0.15, -0.1) is 0 Å². The number of anilines is 2. The molecule has 0 bridgehead atoms. The maximum Gasteiger partial charge on any atom is 1.00 e. The first-order chi connectivity index (χ1) is 27.6. The number of hydrogen-bond donors (Lipinski definition) is 3. The van der Waals surface area contributed by atoms with Gasteiger partial charge in [-0.25, -0.2) is 40.5 Å². The fourth-order valence-electron chi connectivity index (χ4n) is 5.65. The number of benzene rings is 4. The summed E-state index contributed by atoms with van der Waals surface area (Å²) < 4.78 is 85.0. The molecule has 320 valence electrons. The first-order valence-electron chi connectivity index (χ1n) is 17.0. The molecule has 22 heteroatoms. The van der Waals surface area contributed by atoms with Crippen LogP contribution in [0.15, 0.2) is 72.8 Å². The van der Waals surface area contributed by atoms with E-state index in [4.69, 9.17) is 46.4 Å². The number of ketones is 1. The summed E-state index contributed by atoms with van der Waals surface area (Å²) in [5.41, 5.74) is 0.816. The van der Waals surface area contributed by atoms with Crippen molar-refractivity contribution >= 4 is 69.5 Å². The molecule has 6 aromatic rings. The standard InChI is InChI=1S/C20H16Cl2F3N3O.C19H14Cl2F3N3O2.Na.2H2O/c1-11(29)19-13(8-9-26-16-7-3-5-14(21)18(16)25)20(22)28(27-19)10-12-4-2-6-15(23)17(12)24;20-12-4-2-6-14(16(12)24)25-8-7-11-17(19(28)29)26-27(18(11)21)9-10-3-1-5-13(22)15(10)23;;;/h2-7,26H,8-10H2,1H3;1-6,25H,7-9H2,(H,28,29);;2*1H2/q;;+1;;/p-1. The molecule has 0 spiro atoms. The summed E-state index contributed by atoms with van der Waals surface area (Å²) in [6, 6.07) is 16.5. The number of aromatic nitrogens is 4. The molecule has 0 amide bonds. The van der Waals surface area contributed by atoms with E-state index < -0.39 is 40.9 Å². The number of carbonyl (C=O) groups is 2. The zero-order valence-electron chi connectivity index (χ0n) is 32.0. The summed E-state index contributed by atoms with van der Waals surface area (Å²) in [6.07, 6.45) is 0.351. The number of carboxylic acid groups (broad SMARTS) is 1. The maximum absolute atomic E-state index is 14.0. The summed E-state index contributed by atoms with van der Waals surface area (Å²) in [4.78, 5) is 23.5. The molecule has 61 heavy (non-hydrogen) atoms. The van der Waals surface area contributed by atoms with Crippen LogP contribution in [0.4, 0.5) is 37.7 Å². The van der Waals surface area contributed by atoms with Crippen molar-refractivity contribution < 1.29 is 81.5 Å². The van der Waals surface area contributed by atoms with E-state index in [9.17, 15) is 41.0 Å². The number of hydrogen-bond acceptors (Lipinski definition) is 7. The molecule has 6 rings (SSSR count). The molecule has 0 aliphatic carbocycles. The Labute approximate surface area is 386 Å². The Morgan fingerprint density at radius 3 is 1.39 bits per heavy atom. The zero-order chi connectivity index (χ0) is 42.3. The van der Waals surface area contributed by atoms with Gasteiger partial charge in [0.15, 0.2) is 46.4 Å². The van der Waals surface area contributed by atoms with E-state index in [1.807, 2.05) is 0 Å². The molecule has 11 nitrogen and oxygen atoms in total. The van der Waals surface area contributed by atoms with Gasteiger partial charge in [-0.05, 0) is 49.2 Å². The second-order valence-corrected chi connectivity index (χ2v) is 13.9. The minimum absolute atomic E-state index is 0. The summed E-state index contributed by atoms with van der Waals surface area (Å²) >= 11 is 24.1. The van der Waals surface area contributed by atoms with E-state index in [1.165, 1.54) is 60.1 Å². The number of carbonyl (C=O) groups excluding carboxylic acids is 1. The average Bonchev–Trinajstić information content (AvgIpc) is 3.67. The number of aromatic carboxylic acids is 1. The van der Waals surface area contributed by atoms with Gasteiger partial charge in [-0.2, -0.15) is 10.2 Å².